The van der Waals surface area contributed by atoms with Crippen LogP contribution in [0.25, 0.3) is 22.0 Å². The van der Waals surface area contributed by atoms with E-state index in [0.29, 0.717) is 11.1 Å². The van der Waals surface area contributed by atoms with Gasteiger partial charge in [-0.25, -0.2) is 0 Å². The number of aryl methyl sites for hydroxylation is 1. The van der Waals surface area contributed by atoms with Crippen LogP contribution < -0.4 is 0 Å². The van der Waals surface area contributed by atoms with Crippen LogP contribution in [-0.4, -0.2) is 72.9 Å². The second-order valence-electron chi connectivity index (χ2n) is 7.38. The zero-order chi connectivity index (χ0) is 21.4. The fourth-order valence-corrected chi connectivity index (χ4v) is 3.65. The maximum Gasteiger partial charge on any atom is 0.147 e. The number of hydrogen-bond acceptors (Lipinski definition) is 7. The highest BCUT2D eigenvalue weighted by Gasteiger charge is 2.42. The lowest BCUT2D eigenvalue weighted by molar-refractivity contribution is -0.214. The van der Waals surface area contributed by atoms with E-state index in [9.17, 15) is 25.5 Å². The van der Waals surface area contributed by atoms with Gasteiger partial charge in [0.05, 0.1) is 23.9 Å². The van der Waals surface area contributed by atoms with Crippen LogP contribution >= 0.6 is 0 Å². The summed E-state index contributed by atoms with van der Waals surface area (Å²) in [5, 5.41) is 56.9. The largest absolute Gasteiger partial charge is 0.508 e. The first-order chi connectivity index (χ1) is 14.4. The number of hydrogen-bond donors (Lipinski definition) is 6. The van der Waals surface area contributed by atoms with Crippen LogP contribution in [0.3, 0.4) is 0 Å². The molecule has 6 N–H and O–H groups in total. The summed E-state index contributed by atoms with van der Waals surface area (Å²) >= 11 is 0. The van der Waals surface area contributed by atoms with E-state index in [1.807, 2.05) is 25.1 Å². The third kappa shape index (κ3) is 3.65. The number of aliphatic hydroxyl groups excluding tert-OH is 4. The van der Waals surface area contributed by atoms with Gasteiger partial charge >= 0.3 is 0 Å². The quantitative estimate of drug-likeness (QED) is 0.337. The maximum atomic E-state index is 10.2. The summed E-state index contributed by atoms with van der Waals surface area (Å²) in [5.74, 6) is 5.94. The van der Waals surface area contributed by atoms with Gasteiger partial charge in [-0.1, -0.05) is 17.9 Å². The van der Waals surface area contributed by atoms with Crippen molar-refractivity contribution in [3.8, 4) is 28.7 Å². The topological polar surface area (TPSA) is 139 Å². The minimum absolute atomic E-state index is 0.184. The third-order valence-electron chi connectivity index (χ3n) is 5.31. The SMILES string of the molecule is Cc1cc(O)ccc1-c1cc(C#CC2OC(CO)[C@@H](O)C(O)C2O)c2[nH]ncc2c1. The second kappa shape index (κ2) is 8.07. The van der Waals surface area contributed by atoms with Gasteiger partial charge in [0.15, 0.2) is 0 Å². The monoisotopic (exact) mass is 410 g/mol. The van der Waals surface area contributed by atoms with Crippen LogP contribution in [0.1, 0.15) is 11.1 Å². The molecule has 2 heterocycles. The minimum Gasteiger partial charge on any atom is -0.508 e. The fraction of sp³-hybridized carbons (Fsp3) is 0.318. The summed E-state index contributed by atoms with van der Waals surface area (Å²) < 4.78 is 5.46. The molecule has 4 rings (SSSR count). The predicted molar refractivity (Wildman–Crippen MR) is 109 cm³/mol. The standard InChI is InChI=1S/C22H22N2O6/c1-11-6-15(26)3-4-16(11)13-7-12(19-14(8-13)9-23-24-19)2-5-17-20(27)22(29)21(28)18(10-25)30-17/h3-4,6-9,17-18,20-22,25-29H,10H2,1H3,(H,23,24)/t17?,18?,20?,21-,22?/m1/s1. The molecular formula is C22H22N2O6. The third-order valence-corrected chi connectivity index (χ3v) is 5.31. The van der Waals surface area contributed by atoms with Crippen molar-refractivity contribution in [2.24, 2.45) is 0 Å². The highest BCUT2D eigenvalue weighted by Crippen LogP contribution is 2.30. The molecule has 8 nitrogen and oxygen atoms in total. The molecule has 30 heavy (non-hydrogen) atoms. The fourth-order valence-electron chi connectivity index (χ4n) is 3.65. The molecule has 0 spiro atoms. The molecule has 1 aromatic heterocycles. The molecule has 156 valence electrons. The molecule has 0 amide bonds. The van der Waals surface area contributed by atoms with Crippen LogP contribution in [0.2, 0.25) is 0 Å². The van der Waals surface area contributed by atoms with Crippen LogP contribution in [0.15, 0.2) is 36.5 Å². The van der Waals surface area contributed by atoms with Crippen LogP contribution in [0, 0.1) is 18.8 Å². The maximum absolute atomic E-state index is 10.2. The van der Waals surface area contributed by atoms with Crippen LogP contribution in [-0.2, 0) is 4.74 Å². The Morgan fingerprint density at radius 3 is 2.63 bits per heavy atom. The zero-order valence-corrected chi connectivity index (χ0v) is 16.1. The number of fused-ring (bicyclic) bond motifs is 1. The number of phenolic OH excluding ortho intramolecular Hbond substituents is 1. The Morgan fingerprint density at radius 1 is 1.10 bits per heavy atom. The van der Waals surface area contributed by atoms with E-state index < -0.39 is 37.1 Å². The van der Waals surface area contributed by atoms with Gasteiger partial charge in [-0.2, -0.15) is 5.10 Å². The highest BCUT2D eigenvalue weighted by atomic mass is 16.5. The number of ether oxygens (including phenoxy) is 1. The Morgan fingerprint density at radius 2 is 1.90 bits per heavy atom. The lowest BCUT2D eigenvalue weighted by atomic mass is 9.94. The number of H-pyrrole nitrogens is 1. The van der Waals surface area contributed by atoms with Gasteiger partial charge in [0.1, 0.15) is 36.3 Å². The van der Waals surface area contributed by atoms with Gasteiger partial charge < -0.3 is 30.3 Å². The number of rotatable bonds is 2. The van der Waals surface area contributed by atoms with E-state index in [1.54, 1.807) is 18.3 Å². The van der Waals surface area contributed by atoms with Gasteiger partial charge in [-0.05, 0) is 47.9 Å². The Hall–Kier alpha value is -2.93. The van der Waals surface area contributed by atoms with Gasteiger partial charge in [-0.3, -0.25) is 5.10 Å². The van der Waals surface area contributed by atoms with Gasteiger partial charge in [0, 0.05) is 5.39 Å². The van der Waals surface area contributed by atoms with E-state index in [-0.39, 0.29) is 5.75 Å². The summed E-state index contributed by atoms with van der Waals surface area (Å²) in [4.78, 5) is 0. The van der Waals surface area contributed by atoms with Crippen molar-refractivity contribution in [1.82, 2.24) is 10.2 Å². The summed E-state index contributed by atoms with van der Waals surface area (Å²) in [6.45, 7) is 1.39. The van der Waals surface area contributed by atoms with Gasteiger partial charge in [0.2, 0.25) is 0 Å². The van der Waals surface area contributed by atoms with E-state index in [4.69, 9.17) is 4.74 Å². The molecule has 4 unspecified atom stereocenters. The van der Waals surface area contributed by atoms with Crippen LogP contribution in [0.4, 0.5) is 0 Å². The molecule has 3 aromatic rings. The first-order valence-electron chi connectivity index (χ1n) is 9.48. The molecule has 1 aliphatic rings. The van der Waals surface area contributed by atoms with Crippen molar-refractivity contribution in [2.45, 2.75) is 37.4 Å². The van der Waals surface area contributed by atoms with Crippen molar-refractivity contribution in [2.75, 3.05) is 6.61 Å². The number of nitrogens with one attached hydrogen (secondary N) is 1. The second-order valence-corrected chi connectivity index (χ2v) is 7.38. The minimum atomic E-state index is -1.48. The smallest absolute Gasteiger partial charge is 0.147 e. The zero-order valence-electron chi connectivity index (χ0n) is 16.1. The first kappa shape index (κ1) is 20.3. The van der Waals surface area contributed by atoms with Crippen molar-refractivity contribution in [3.63, 3.8) is 0 Å². The highest BCUT2D eigenvalue weighted by molar-refractivity contribution is 5.90. The predicted octanol–water partition coefficient (Wildman–Crippen LogP) is 0.438. The first-order valence-corrected chi connectivity index (χ1v) is 9.48. The number of benzene rings is 2. The number of aromatic hydroxyl groups is 1. The average Bonchev–Trinajstić information content (AvgIpc) is 3.20. The van der Waals surface area contributed by atoms with E-state index in [2.05, 4.69) is 22.0 Å². The molecular weight excluding hydrogens is 388 g/mol. The Bertz CT molecular complexity index is 1130. The van der Waals surface area contributed by atoms with E-state index in [0.717, 1.165) is 22.1 Å². The lowest BCUT2D eigenvalue weighted by Crippen LogP contribution is -2.58. The van der Waals surface area contributed by atoms with Gasteiger partial charge in [0.25, 0.3) is 0 Å². The molecule has 5 atom stereocenters. The van der Waals surface area contributed by atoms with Crippen molar-refractivity contribution in [3.05, 3.63) is 47.7 Å². The van der Waals surface area contributed by atoms with Crippen LogP contribution in [0.5, 0.6) is 5.75 Å². The molecule has 2 aromatic carbocycles. The summed E-state index contributed by atoms with van der Waals surface area (Å²) in [5.41, 5.74) is 3.99. The molecule has 1 aliphatic heterocycles. The van der Waals surface area contributed by atoms with Crippen molar-refractivity contribution in [1.29, 1.82) is 0 Å². The van der Waals surface area contributed by atoms with Crippen molar-refractivity contribution >= 4 is 10.9 Å². The number of aromatic amines is 1. The Balaban J connectivity index is 1.74. The molecule has 0 saturated carbocycles. The molecule has 0 radical (unpaired) electrons. The van der Waals surface area contributed by atoms with E-state index >= 15 is 0 Å². The number of phenols is 1. The average molecular weight is 410 g/mol. The molecule has 0 aliphatic carbocycles. The Labute approximate surface area is 172 Å². The summed E-state index contributed by atoms with van der Waals surface area (Å²) in [6, 6.07) is 8.92. The number of aliphatic hydroxyl groups is 4. The summed E-state index contributed by atoms with van der Waals surface area (Å²) in [6.07, 6.45) is -4.75. The van der Waals surface area contributed by atoms with Crippen molar-refractivity contribution < 1.29 is 30.3 Å². The molecule has 0 bridgehead atoms. The summed E-state index contributed by atoms with van der Waals surface area (Å²) in [7, 11) is 0. The molecule has 8 heteroatoms. The molecule has 1 fully saturated rings. The molecule has 1 saturated heterocycles. The normalized spacial score (nSPS) is 26.4. The van der Waals surface area contributed by atoms with E-state index in [1.165, 1.54) is 0 Å². The lowest BCUT2D eigenvalue weighted by Gasteiger charge is -2.37. The van der Waals surface area contributed by atoms with Gasteiger partial charge in [-0.15, -0.1) is 0 Å². The number of aromatic nitrogens is 2. The number of nitrogens with zero attached hydrogens (tertiary/aromatic N) is 1. The Kier molecular flexibility index (Phi) is 5.47.